The van der Waals surface area contributed by atoms with Gasteiger partial charge in [0.25, 0.3) is 5.91 Å². The highest BCUT2D eigenvalue weighted by Crippen LogP contribution is 2.18. The van der Waals surface area contributed by atoms with Gasteiger partial charge in [0.15, 0.2) is 6.10 Å². The van der Waals surface area contributed by atoms with Gasteiger partial charge in [-0.05, 0) is 37.5 Å². The molecule has 0 aromatic heterocycles. The number of halogens is 1. The van der Waals surface area contributed by atoms with Crippen LogP contribution in [0.1, 0.15) is 27.2 Å². The van der Waals surface area contributed by atoms with Crippen molar-refractivity contribution in [3.63, 3.8) is 0 Å². The molecular weight excluding hydrogens is 294 g/mol. The average molecular weight is 314 g/mol. The molecule has 21 heavy (non-hydrogen) atoms. The first kappa shape index (κ1) is 17.3. The predicted molar refractivity (Wildman–Crippen MR) is 80.6 cm³/mol. The van der Waals surface area contributed by atoms with Gasteiger partial charge in [0.05, 0.1) is 0 Å². The van der Waals surface area contributed by atoms with Gasteiger partial charge < -0.3 is 15.2 Å². The van der Waals surface area contributed by atoms with Crippen molar-refractivity contribution < 1.29 is 19.4 Å². The third-order valence-electron chi connectivity index (χ3n) is 2.80. The molecular formula is C15H20ClNO4. The van der Waals surface area contributed by atoms with Crippen LogP contribution in [0.3, 0.4) is 0 Å². The Bertz CT molecular complexity index is 504. The second-order valence-corrected chi connectivity index (χ2v) is 5.68. The van der Waals surface area contributed by atoms with E-state index >= 15 is 0 Å². The minimum absolute atomic E-state index is 0.163. The number of rotatable bonds is 7. The normalized spacial score (nSPS) is 13.6. The van der Waals surface area contributed by atoms with E-state index in [4.69, 9.17) is 21.4 Å². The number of carbonyl (C=O) groups excluding carboxylic acids is 1. The number of carboxylic acid groups (broad SMARTS) is 1. The first-order valence-corrected chi connectivity index (χ1v) is 7.12. The molecule has 0 saturated carbocycles. The lowest BCUT2D eigenvalue weighted by Crippen LogP contribution is -2.46. The van der Waals surface area contributed by atoms with E-state index in [1.54, 1.807) is 31.2 Å². The number of hydrogen-bond acceptors (Lipinski definition) is 3. The number of aliphatic carboxylic acids is 1. The van der Waals surface area contributed by atoms with Crippen LogP contribution in [-0.2, 0) is 9.59 Å². The Morgan fingerprint density at radius 1 is 1.33 bits per heavy atom. The SMILES string of the molecule is CC(C)C[C@H](NC(=O)C(C)Oc1cccc(Cl)c1)C(=O)O. The first-order chi connectivity index (χ1) is 9.79. The summed E-state index contributed by atoms with van der Waals surface area (Å²) < 4.78 is 5.45. The first-order valence-electron chi connectivity index (χ1n) is 6.75. The van der Waals surface area contributed by atoms with Gasteiger partial charge >= 0.3 is 5.97 Å². The van der Waals surface area contributed by atoms with E-state index in [2.05, 4.69) is 5.32 Å². The maximum atomic E-state index is 12.0. The minimum Gasteiger partial charge on any atom is -0.481 e. The lowest BCUT2D eigenvalue weighted by molar-refractivity contribution is -0.143. The molecule has 2 atom stereocenters. The van der Waals surface area contributed by atoms with Crippen LogP contribution < -0.4 is 10.1 Å². The molecule has 0 heterocycles. The van der Waals surface area contributed by atoms with Crippen molar-refractivity contribution in [2.75, 3.05) is 0 Å². The molecule has 0 radical (unpaired) electrons. The van der Waals surface area contributed by atoms with Crippen LogP contribution in [0, 0.1) is 5.92 Å². The quantitative estimate of drug-likeness (QED) is 0.811. The van der Waals surface area contributed by atoms with Crippen molar-refractivity contribution in [3.05, 3.63) is 29.3 Å². The Morgan fingerprint density at radius 2 is 2.00 bits per heavy atom. The van der Waals surface area contributed by atoms with E-state index in [1.165, 1.54) is 0 Å². The van der Waals surface area contributed by atoms with Crippen LogP contribution in [-0.4, -0.2) is 29.1 Å². The Balaban J connectivity index is 2.62. The van der Waals surface area contributed by atoms with Gasteiger partial charge in [0, 0.05) is 5.02 Å². The van der Waals surface area contributed by atoms with Gasteiger partial charge in [-0.1, -0.05) is 31.5 Å². The van der Waals surface area contributed by atoms with Crippen LogP contribution >= 0.6 is 11.6 Å². The monoisotopic (exact) mass is 313 g/mol. The summed E-state index contributed by atoms with van der Waals surface area (Å²) in [7, 11) is 0. The lowest BCUT2D eigenvalue weighted by atomic mass is 10.0. The fraction of sp³-hybridized carbons (Fsp3) is 0.467. The maximum absolute atomic E-state index is 12.0. The number of hydrogen-bond donors (Lipinski definition) is 2. The van der Waals surface area contributed by atoms with Gasteiger partial charge in [-0.25, -0.2) is 4.79 Å². The number of ether oxygens (including phenoxy) is 1. The smallest absolute Gasteiger partial charge is 0.326 e. The van der Waals surface area contributed by atoms with Crippen molar-refractivity contribution in [3.8, 4) is 5.75 Å². The highest BCUT2D eigenvalue weighted by Gasteiger charge is 2.24. The third-order valence-corrected chi connectivity index (χ3v) is 3.03. The summed E-state index contributed by atoms with van der Waals surface area (Å²) in [6.07, 6.45) is -0.442. The highest BCUT2D eigenvalue weighted by molar-refractivity contribution is 6.30. The minimum atomic E-state index is -1.05. The van der Waals surface area contributed by atoms with Crippen LogP contribution in [0.5, 0.6) is 5.75 Å². The second-order valence-electron chi connectivity index (χ2n) is 5.25. The molecule has 0 aliphatic carbocycles. The Labute approximate surface area is 129 Å². The van der Waals surface area contributed by atoms with Crippen LogP contribution in [0.2, 0.25) is 5.02 Å². The molecule has 1 rings (SSSR count). The van der Waals surface area contributed by atoms with E-state index in [1.807, 2.05) is 13.8 Å². The molecule has 1 aromatic rings. The molecule has 0 aliphatic heterocycles. The Hall–Kier alpha value is -1.75. The van der Waals surface area contributed by atoms with Gasteiger partial charge in [-0.2, -0.15) is 0 Å². The summed E-state index contributed by atoms with van der Waals surface area (Å²) in [5.41, 5.74) is 0. The molecule has 1 aromatic carbocycles. The molecule has 116 valence electrons. The number of amides is 1. The van der Waals surface area contributed by atoms with Crippen LogP contribution in [0.15, 0.2) is 24.3 Å². The summed E-state index contributed by atoms with van der Waals surface area (Å²) in [5.74, 6) is -0.897. The number of nitrogens with one attached hydrogen (secondary N) is 1. The molecule has 0 spiro atoms. The number of carbonyl (C=O) groups is 2. The molecule has 5 nitrogen and oxygen atoms in total. The number of benzene rings is 1. The topological polar surface area (TPSA) is 75.6 Å². The molecule has 2 N–H and O–H groups in total. The third kappa shape index (κ3) is 6.04. The summed E-state index contributed by atoms with van der Waals surface area (Å²) in [5, 5.41) is 12.1. The zero-order valence-corrected chi connectivity index (χ0v) is 13.1. The van der Waals surface area contributed by atoms with Gasteiger partial charge in [0.1, 0.15) is 11.8 Å². The highest BCUT2D eigenvalue weighted by atomic mass is 35.5. The average Bonchev–Trinajstić information content (AvgIpc) is 2.37. The van der Waals surface area contributed by atoms with E-state index < -0.39 is 24.0 Å². The predicted octanol–water partition coefficient (Wildman–Crippen LogP) is 2.72. The Morgan fingerprint density at radius 3 is 2.52 bits per heavy atom. The molecule has 0 bridgehead atoms. The van der Waals surface area contributed by atoms with Crippen molar-refractivity contribution >= 4 is 23.5 Å². The summed E-state index contributed by atoms with van der Waals surface area (Å²) in [6, 6.07) is 5.76. The zero-order chi connectivity index (χ0) is 16.0. The largest absolute Gasteiger partial charge is 0.481 e. The summed E-state index contributed by atoms with van der Waals surface area (Å²) in [4.78, 5) is 23.1. The fourth-order valence-electron chi connectivity index (χ4n) is 1.78. The van der Waals surface area contributed by atoms with Crippen molar-refractivity contribution in [2.45, 2.75) is 39.3 Å². The molecule has 1 unspecified atom stereocenters. The van der Waals surface area contributed by atoms with Crippen molar-refractivity contribution in [1.29, 1.82) is 0 Å². The molecule has 0 fully saturated rings. The van der Waals surface area contributed by atoms with E-state index in [0.717, 1.165) is 0 Å². The van der Waals surface area contributed by atoms with Gasteiger partial charge in [0.2, 0.25) is 0 Å². The molecule has 0 aliphatic rings. The van der Waals surface area contributed by atoms with Crippen LogP contribution in [0.25, 0.3) is 0 Å². The Kier molecular flexibility index (Phi) is 6.49. The van der Waals surface area contributed by atoms with Crippen molar-refractivity contribution in [1.82, 2.24) is 5.32 Å². The summed E-state index contributed by atoms with van der Waals surface area (Å²) in [6.45, 7) is 5.35. The van der Waals surface area contributed by atoms with Gasteiger partial charge in [-0.3, -0.25) is 4.79 Å². The number of carboxylic acids is 1. The van der Waals surface area contributed by atoms with E-state index in [9.17, 15) is 9.59 Å². The second kappa shape index (κ2) is 7.88. The van der Waals surface area contributed by atoms with Gasteiger partial charge in [-0.15, -0.1) is 0 Å². The lowest BCUT2D eigenvalue weighted by Gasteiger charge is -2.20. The summed E-state index contributed by atoms with van der Waals surface area (Å²) >= 11 is 5.83. The zero-order valence-electron chi connectivity index (χ0n) is 12.3. The molecule has 6 heteroatoms. The van der Waals surface area contributed by atoms with Crippen LogP contribution in [0.4, 0.5) is 0 Å². The van der Waals surface area contributed by atoms with E-state index in [0.29, 0.717) is 17.2 Å². The fourth-order valence-corrected chi connectivity index (χ4v) is 1.96. The molecule has 1 amide bonds. The van der Waals surface area contributed by atoms with Crippen molar-refractivity contribution in [2.24, 2.45) is 5.92 Å². The maximum Gasteiger partial charge on any atom is 0.326 e. The van der Waals surface area contributed by atoms with E-state index in [-0.39, 0.29) is 5.92 Å². The standard InChI is InChI=1S/C15H20ClNO4/c1-9(2)7-13(15(19)20)17-14(18)10(3)21-12-6-4-5-11(16)8-12/h4-6,8-10,13H,7H2,1-3H3,(H,17,18)(H,19,20)/t10?,13-/m0/s1. The molecule has 0 saturated heterocycles.